The highest BCUT2D eigenvalue weighted by molar-refractivity contribution is 7.12. The summed E-state index contributed by atoms with van der Waals surface area (Å²) in [4.78, 5) is 17.4. The van der Waals surface area contributed by atoms with Crippen LogP contribution >= 0.6 is 11.3 Å². The van der Waals surface area contributed by atoms with Gasteiger partial charge in [-0.1, -0.05) is 6.07 Å². The van der Waals surface area contributed by atoms with Gasteiger partial charge in [0.25, 0.3) is 5.91 Å². The molecule has 5 nitrogen and oxygen atoms in total. The summed E-state index contributed by atoms with van der Waals surface area (Å²) < 4.78 is 10.5. The zero-order valence-electron chi connectivity index (χ0n) is 12.1. The van der Waals surface area contributed by atoms with Gasteiger partial charge in [0.1, 0.15) is 17.2 Å². The minimum absolute atomic E-state index is 0.228. The van der Waals surface area contributed by atoms with Crippen LogP contribution in [0.4, 0.5) is 0 Å². The molecule has 0 atom stereocenters. The van der Waals surface area contributed by atoms with Crippen LogP contribution in [0, 0.1) is 0 Å². The molecule has 0 saturated carbocycles. The number of carbonyl (C=O) groups is 1. The highest BCUT2D eigenvalue weighted by Crippen LogP contribution is 2.27. The zero-order valence-corrected chi connectivity index (χ0v) is 12.9. The number of ether oxygens (including phenoxy) is 2. The fourth-order valence-electron chi connectivity index (χ4n) is 2.10. The van der Waals surface area contributed by atoms with E-state index in [0.29, 0.717) is 23.0 Å². The molecule has 0 saturated heterocycles. The van der Waals surface area contributed by atoms with Gasteiger partial charge in [0.05, 0.1) is 19.1 Å². The van der Waals surface area contributed by atoms with Gasteiger partial charge in [-0.05, 0) is 35.7 Å². The number of thiophene rings is 1. The van der Waals surface area contributed by atoms with E-state index >= 15 is 0 Å². The predicted molar refractivity (Wildman–Crippen MR) is 86.5 cm³/mol. The summed E-state index contributed by atoms with van der Waals surface area (Å²) in [6.07, 6.45) is 1.69. The van der Waals surface area contributed by atoms with Gasteiger partial charge in [-0.2, -0.15) is 0 Å². The lowest BCUT2D eigenvalue weighted by atomic mass is 10.1. The molecular formula is C16H14N2O3S. The van der Waals surface area contributed by atoms with E-state index in [4.69, 9.17) is 9.47 Å². The van der Waals surface area contributed by atoms with Crippen LogP contribution in [-0.4, -0.2) is 26.0 Å². The molecule has 1 amide bonds. The lowest BCUT2D eigenvalue weighted by molar-refractivity contribution is -0.115. The number of aliphatic imine (C=N–C) groups is 1. The lowest BCUT2D eigenvalue weighted by Gasteiger charge is -2.07. The normalized spacial score (nSPS) is 15.6. The molecule has 1 aliphatic rings. The molecule has 3 rings (SSSR count). The molecule has 0 aliphatic carbocycles. The smallest absolute Gasteiger partial charge is 0.275 e. The van der Waals surface area contributed by atoms with Crippen LogP contribution in [0.25, 0.3) is 6.08 Å². The minimum atomic E-state index is -0.228. The third kappa shape index (κ3) is 2.73. The first-order valence-electron chi connectivity index (χ1n) is 6.59. The number of carbonyl (C=O) groups excluding carboxylic acids is 1. The van der Waals surface area contributed by atoms with Gasteiger partial charge >= 0.3 is 0 Å². The van der Waals surface area contributed by atoms with Gasteiger partial charge < -0.3 is 14.8 Å². The third-order valence-corrected chi connectivity index (χ3v) is 4.06. The Hall–Kier alpha value is -2.60. The number of benzene rings is 1. The largest absolute Gasteiger partial charge is 0.497 e. The summed E-state index contributed by atoms with van der Waals surface area (Å²) in [6.45, 7) is 0. The molecule has 2 heterocycles. The second kappa shape index (κ2) is 6.03. The van der Waals surface area contributed by atoms with Gasteiger partial charge in [-0.25, -0.2) is 4.99 Å². The summed E-state index contributed by atoms with van der Waals surface area (Å²) in [5.41, 5.74) is 1.08. The average molecular weight is 314 g/mol. The Morgan fingerprint density at radius 1 is 1.23 bits per heavy atom. The van der Waals surface area contributed by atoms with E-state index in [1.807, 2.05) is 17.5 Å². The summed E-state index contributed by atoms with van der Waals surface area (Å²) in [5.74, 6) is 1.69. The average Bonchev–Trinajstić information content (AvgIpc) is 3.17. The summed E-state index contributed by atoms with van der Waals surface area (Å²) >= 11 is 1.53. The number of nitrogens with one attached hydrogen (secondary N) is 1. The van der Waals surface area contributed by atoms with E-state index < -0.39 is 0 Å². The van der Waals surface area contributed by atoms with Crippen molar-refractivity contribution < 1.29 is 14.3 Å². The van der Waals surface area contributed by atoms with Crippen molar-refractivity contribution in [2.24, 2.45) is 4.99 Å². The molecule has 2 aromatic rings. The quantitative estimate of drug-likeness (QED) is 0.883. The van der Waals surface area contributed by atoms with Crippen LogP contribution in [0.1, 0.15) is 10.4 Å². The molecule has 1 aromatic carbocycles. The van der Waals surface area contributed by atoms with Crippen molar-refractivity contribution in [1.82, 2.24) is 5.32 Å². The van der Waals surface area contributed by atoms with Crippen LogP contribution in [0.15, 0.2) is 46.4 Å². The van der Waals surface area contributed by atoms with Crippen molar-refractivity contribution in [3.05, 3.63) is 51.8 Å². The molecule has 1 aromatic heterocycles. The van der Waals surface area contributed by atoms with Crippen LogP contribution < -0.4 is 14.8 Å². The van der Waals surface area contributed by atoms with Crippen LogP contribution in [0.3, 0.4) is 0 Å². The molecule has 1 aliphatic heterocycles. The fraction of sp³-hybridized carbons (Fsp3) is 0.125. The molecule has 22 heavy (non-hydrogen) atoms. The van der Waals surface area contributed by atoms with E-state index in [9.17, 15) is 4.79 Å². The zero-order chi connectivity index (χ0) is 15.5. The van der Waals surface area contributed by atoms with Crippen molar-refractivity contribution in [1.29, 1.82) is 0 Å². The first-order valence-corrected chi connectivity index (χ1v) is 7.47. The van der Waals surface area contributed by atoms with Gasteiger partial charge in [0.15, 0.2) is 5.84 Å². The number of hydrogen-bond acceptors (Lipinski definition) is 5. The van der Waals surface area contributed by atoms with Crippen molar-refractivity contribution in [2.45, 2.75) is 0 Å². The Balaban J connectivity index is 1.99. The first-order chi connectivity index (χ1) is 10.7. The standard InChI is InChI=1S/C16H14N2O3S/c1-20-11-5-6-13(21-2)10(8-11)9-12-16(19)18-15(17-12)14-4-3-7-22-14/h3-9H,1-2H3,(H,17,18,19)/b12-9-. The summed E-state index contributed by atoms with van der Waals surface area (Å²) in [5, 5.41) is 4.72. The summed E-state index contributed by atoms with van der Waals surface area (Å²) in [7, 11) is 3.17. The molecule has 0 radical (unpaired) electrons. The molecule has 1 N–H and O–H groups in total. The van der Waals surface area contributed by atoms with E-state index in [2.05, 4.69) is 10.3 Å². The van der Waals surface area contributed by atoms with Crippen LogP contribution in [0.5, 0.6) is 11.5 Å². The SMILES string of the molecule is COc1ccc(OC)c(/C=C2\N=C(c3cccs3)NC2=O)c1. The van der Waals surface area contributed by atoms with Crippen molar-refractivity contribution in [2.75, 3.05) is 14.2 Å². The number of methoxy groups -OCH3 is 2. The van der Waals surface area contributed by atoms with Crippen molar-refractivity contribution in [3.8, 4) is 11.5 Å². The molecule has 0 bridgehead atoms. The van der Waals surface area contributed by atoms with Crippen LogP contribution in [0.2, 0.25) is 0 Å². The fourth-order valence-corrected chi connectivity index (χ4v) is 2.77. The number of amidine groups is 1. The van der Waals surface area contributed by atoms with Crippen molar-refractivity contribution >= 4 is 29.2 Å². The number of nitrogens with zero attached hydrogens (tertiary/aromatic N) is 1. The highest BCUT2D eigenvalue weighted by atomic mass is 32.1. The van der Waals surface area contributed by atoms with E-state index in [1.165, 1.54) is 11.3 Å². The van der Waals surface area contributed by atoms with Gasteiger partial charge in [0.2, 0.25) is 0 Å². The second-order valence-electron chi connectivity index (χ2n) is 4.53. The third-order valence-electron chi connectivity index (χ3n) is 3.18. The monoisotopic (exact) mass is 314 g/mol. The molecule has 0 spiro atoms. The number of amides is 1. The Morgan fingerprint density at radius 2 is 2.09 bits per heavy atom. The molecule has 112 valence electrons. The molecular weight excluding hydrogens is 300 g/mol. The van der Waals surface area contributed by atoms with Gasteiger partial charge in [0, 0.05) is 5.56 Å². The van der Waals surface area contributed by atoms with Crippen LogP contribution in [-0.2, 0) is 4.79 Å². The maximum Gasteiger partial charge on any atom is 0.275 e. The predicted octanol–water partition coefficient (Wildman–Crippen LogP) is 2.68. The number of hydrogen-bond donors (Lipinski definition) is 1. The first kappa shape index (κ1) is 14.3. The van der Waals surface area contributed by atoms with Gasteiger partial charge in [-0.15, -0.1) is 11.3 Å². The van der Waals surface area contributed by atoms with Crippen molar-refractivity contribution in [3.63, 3.8) is 0 Å². The Morgan fingerprint density at radius 3 is 2.77 bits per heavy atom. The lowest BCUT2D eigenvalue weighted by Crippen LogP contribution is -2.23. The van der Waals surface area contributed by atoms with E-state index in [-0.39, 0.29) is 5.91 Å². The Kier molecular flexibility index (Phi) is 3.93. The number of rotatable bonds is 4. The topological polar surface area (TPSA) is 59.9 Å². The molecule has 0 unspecified atom stereocenters. The molecule has 0 fully saturated rings. The van der Waals surface area contributed by atoms with E-state index in [1.54, 1.807) is 38.5 Å². The Labute approximate surface area is 131 Å². The Bertz CT molecular complexity index is 764. The summed E-state index contributed by atoms with van der Waals surface area (Å²) in [6, 6.07) is 9.23. The maximum absolute atomic E-state index is 12.1. The maximum atomic E-state index is 12.1. The highest BCUT2D eigenvalue weighted by Gasteiger charge is 2.22. The molecule has 6 heteroatoms. The van der Waals surface area contributed by atoms with E-state index in [0.717, 1.165) is 10.4 Å². The minimum Gasteiger partial charge on any atom is -0.497 e. The van der Waals surface area contributed by atoms with Gasteiger partial charge in [-0.3, -0.25) is 4.79 Å². The second-order valence-corrected chi connectivity index (χ2v) is 5.48.